The summed E-state index contributed by atoms with van der Waals surface area (Å²) in [7, 11) is 0. The number of hydrogen-bond donors (Lipinski definition) is 0. The molecule has 0 saturated carbocycles. The van der Waals surface area contributed by atoms with Crippen LogP contribution in [0.4, 0.5) is 5.95 Å². The Hall–Kier alpha value is -2.69. The highest BCUT2D eigenvalue weighted by molar-refractivity contribution is 5.62. The van der Waals surface area contributed by atoms with Crippen LogP contribution in [0.15, 0.2) is 42.7 Å². The van der Waals surface area contributed by atoms with E-state index < -0.39 is 0 Å². The molecule has 2 aromatic heterocycles. The number of piperidine rings is 1. The van der Waals surface area contributed by atoms with Crippen LogP contribution in [-0.2, 0) is 0 Å². The van der Waals surface area contributed by atoms with Gasteiger partial charge in [0.05, 0.1) is 17.1 Å². The van der Waals surface area contributed by atoms with E-state index in [0.717, 1.165) is 41.7 Å². The molecule has 3 aromatic rings. The number of rotatable bonds is 3. The van der Waals surface area contributed by atoms with E-state index in [1.165, 1.54) is 18.4 Å². The molecule has 0 bridgehead atoms. The maximum Gasteiger partial charge on any atom is 0.225 e. The lowest BCUT2D eigenvalue weighted by molar-refractivity contribution is 0.442. The second-order valence-electron chi connectivity index (χ2n) is 7.34. The van der Waals surface area contributed by atoms with Gasteiger partial charge in [0.2, 0.25) is 5.95 Å². The number of anilines is 1. The monoisotopic (exact) mass is 347 g/mol. The Labute approximate surface area is 154 Å². The summed E-state index contributed by atoms with van der Waals surface area (Å²) in [5, 5.41) is 4.68. The van der Waals surface area contributed by atoms with Crippen LogP contribution < -0.4 is 4.90 Å². The van der Waals surface area contributed by atoms with E-state index in [0.29, 0.717) is 5.92 Å². The molecule has 5 nitrogen and oxygen atoms in total. The standard InChI is InChI=1S/C21H25N5/c1-15-6-8-18(9-7-15)26-14-19(17(3)24-26)20-10-11-22-21(23-20)25-12-4-5-16(2)13-25/h6-11,14,16H,4-5,12-13H2,1-3H3. The second-order valence-corrected chi connectivity index (χ2v) is 7.34. The van der Waals surface area contributed by atoms with E-state index in [1.54, 1.807) is 0 Å². The van der Waals surface area contributed by atoms with Gasteiger partial charge in [-0.1, -0.05) is 24.6 Å². The zero-order valence-corrected chi connectivity index (χ0v) is 15.7. The van der Waals surface area contributed by atoms with E-state index in [-0.39, 0.29) is 0 Å². The molecule has 3 heterocycles. The van der Waals surface area contributed by atoms with Crippen molar-refractivity contribution >= 4 is 5.95 Å². The first-order chi connectivity index (χ1) is 12.6. The van der Waals surface area contributed by atoms with Crippen LogP contribution in [0.5, 0.6) is 0 Å². The van der Waals surface area contributed by atoms with Gasteiger partial charge in [0.15, 0.2) is 0 Å². The zero-order valence-electron chi connectivity index (χ0n) is 15.7. The minimum Gasteiger partial charge on any atom is -0.341 e. The maximum atomic E-state index is 4.84. The van der Waals surface area contributed by atoms with Gasteiger partial charge in [0, 0.05) is 31.0 Å². The van der Waals surface area contributed by atoms with Crippen molar-refractivity contribution in [2.45, 2.75) is 33.6 Å². The molecule has 26 heavy (non-hydrogen) atoms. The van der Waals surface area contributed by atoms with Crippen LogP contribution in [0.25, 0.3) is 16.9 Å². The molecule has 1 aliphatic rings. The molecular weight excluding hydrogens is 322 g/mol. The molecule has 0 amide bonds. The van der Waals surface area contributed by atoms with Gasteiger partial charge in [0.25, 0.3) is 0 Å². The van der Waals surface area contributed by atoms with Crippen LogP contribution in [0, 0.1) is 19.8 Å². The van der Waals surface area contributed by atoms with Crippen LogP contribution >= 0.6 is 0 Å². The number of benzene rings is 1. The van der Waals surface area contributed by atoms with Crippen molar-refractivity contribution in [2.24, 2.45) is 5.92 Å². The number of nitrogens with zero attached hydrogens (tertiary/aromatic N) is 5. The van der Waals surface area contributed by atoms with Gasteiger partial charge in [-0.2, -0.15) is 5.10 Å². The fourth-order valence-electron chi connectivity index (χ4n) is 3.56. The summed E-state index contributed by atoms with van der Waals surface area (Å²) in [4.78, 5) is 11.7. The van der Waals surface area contributed by atoms with Gasteiger partial charge in [-0.15, -0.1) is 0 Å². The molecule has 0 radical (unpaired) electrons. The van der Waals surface area contributed by atoms with Gasteiger partial charge >= 0.3 is 0 Å². The van der Waals surface area contributed by atoms with Crippen molar-refractivity contribution in [2.75, 3.05) is 18.0 Å². The van der Waals surface area contributed by atoms with Crippen molar-refractivity contribution < 1.29 is 0 Å². The Kier molecular flexibility index (Phi) is 4.45. The molecule has 1 unspecified atom stereocenters. The van der Waals surface area contributed by atoms with Crippen molar-refractivity contribution in [3.8, 4) is 16.9 Å². The Morgan fingerprint density at radius 1 is 1.08 bits per heavy atom. The average molecular weight is 347 g/mol. The normalized spacial score (nSPS) is 17.5. The highest BCUT2D eigenvalue weighted by Crippen LogP contribution is 2.25. The molecular formula is C21H25N5. The summed E-state index contributed by atoms with van der Waals surface area (Å²) in [6, 6.07) is 10.4. The predicted octanol–water partition coefficient (Wildman–Crippen LogP) is 4.18. The van der Waals surface area contributed by atoms with Crippen LogP contribution in [0.1, 0.15) is 31.0 Å². The quantitative estimate of drug-likeness (QED) is 0.713. The lowest BCUT2D eigenvalue weighted by Crippen LogP contribution is -2.35. The Morgan fingerprint density at radius 3 is 2.65 bits per heavy atom. The summed E-state index contributed by atoms with van der Waals surface area (Å²) in [6.45, 7) is 8.49. The van der Waals surface area contributed by atoms with Gasteiger partial charge in [0.1, 0.15) is 0 Å². The first kappa shape index (κ1) is 16.8. The third kappa shape index (κ3) is 3.34. The van der Waals surface area contributed by atoms with E-state index in [1.807, 2.05) is 23.9 Å². The van der Waals surface area contributed by atoms with Crippen molar-refractivity contribution in [3.63, 3.8) is 0 Å². The van der Waals surface area contributed by atoms with E-state index in [9.17, 15) is 0 Å². The Balaban J connectivity index is 1.65. The maximum absolute atomic E-state index is 4.84. The fourth-order valence-corrected chi connectivity index (χ4v) is 3.56. The van der Waals surface area contributed by atoms with Crippen molar-refractivity contribution in [1.29, 1.82) is 0 Å². The van der Waals surface area contributed by atoms with Crippen LogP contribution in [-0.4, -0.2) is 32.8 Å². The summed E-state index contributed by atoms with van der Waals surface area (Å²) < 4.78 is 1.93. The molecule has 1 aliphatic heterocycles. The van der Waals surface area contributed by atoms with E-state index in [2.05, 4.69) is 59.3 Å². The van der Waals surface area contributed by atoms with Crippen LogP contribution in [0.2, 0.25) is 0 Å². The lowest BCUT2D eigenvalue weighted by Gasteiger charge is -2.30. The number of hydrogen-bond acceptors (Lipinski definition) is 4. The summed E-state index contributed by atoms with van der Waals surface area (Å²) in [6.07, 6.45) is 6.42. The third-order valence-corrected chi connectivity index (χ3v) is 5.06. The minimum atomic E-state index is 0.696. The predicted molar refractivity (Wildman–Crippen MR) is 105 cm³/mol. The van der Waals surface area contributed by atoms with Gasteiger partial charge < -0.3 is 4.90 Å². The minimum absolute atomic E-state index is 0.696. The number of aryl methyl sites for hydroxylation is 2. The smallest absolute Gasteiger partial charge is 0.225 e. The fraction of sp³-hybridized carbons (Fsp3) is 0.381. The molecule has 1 aromatic carbocycles. The largest absolute Gasteiger partial charge is 0.341 e. The highest BCUT2D eigenvalue weighted by atomic mass is 15.3. The highest BCUT2D eigenvalue weighted by Gasteiger charge is 2.19. The molecule has 1 fully saturated rings. The molecule has 0 aliphatic carbocycles. The summed E-state index contributed by atoms with van der Waals surface area (Å²) >= 11 is 0. The van der Waals surface area contributed by atoms with Crippen LogP contribution in [0.3, 0.4) is 0 Å². The third-order valence-electron chi connectivity index (χ3n) is 5.06. The Morgan fingerprint density at radius 2 is 1.88 bits per heavy atom. The molecule has 134 valence electrons. The van der Waals surface area contributed by atoms with E-state index in [4.69, 9.17) is 4.98 Å². The van der Waals surface area contributed by atoms with E-state index >= 15 is 0 Å². The number of aromatic nitrogens is 4. The first-order valence-corrected chi connectivity index (χ1v) is 9.32. The average Bonchev–Trinajstić information content (AvgIpc) is 3.04. The molecule has 0 N–H and O–H groups in total. The summed E-state index contributed by atoms with van der Waals surface area (Å²) in [5.41, 5.74) is 5.27. The van der Waals surface area contributed by atoms with Crippen molar-refractivity contribution in [3.05, 3.63) is 54.0 Å². The van der Waals surface area contributed by atoms with Gasteiger partial charge in [-0.25, -0.2) is 14.6 Å². The Bertz CT molecular complexity index is 897. The lowest BCUT2D eigenvalue weighted by atomic mass is 10.0. The molecule has 0 spiro atoms. The second kappa shape index (κ2) is 6.90. The molecule has 1 saturated heterocycles. The first-order valence-electron chi connectivity index (χ1n) is 9.32. The SMILES string of the molecule is Cc1ccc(-n2cc(-c3ccnc(N4CCCC(C)C4)n3)c(C)n2)cc1. The van der Waals surface area contributed by atoms with Gasteiger partial charge in [-0.3, -0.25) is 0 Å². The van der Waals surface area contributed by atoms with Gasteiger partial charge in [-0.05, 0) is 50.8 Å². The topological polar surface area (TPSA) is 46.8 Å². The molecule has 5 heteroatoms. The zero-order chi connectivity index (χ0) is 18.1. The summed E-state index contributed by atoms with van der Waals surface area (Å²) in [5.74, 6) is 1.53. The molecule has 1 atom stereocenters. The molecule has 4 rings (SSSR count). The van der Waals surface area contributed by atoms with Crippen molar-refractivity contribution in [1.82, 2.24) is 19.7 Å².